The third kappa shape index (κ3) is 2.22. The summed E-state index contributed by atoms with van der Waals surface area (Å²) in [6, 6.07) is 7.91. The maximum absolute atomic E-state index is 12.5. The van der Waals surface area contributed by atoms with Crippen LogP contribution in [0.1, 0.15) is 23.5 Å². The molecule has 4 rings (SSSR count). The highest BCUT2D eigenvalue weighted by molar-refractivity contribution is 7.98. The standard InChI is InChI=1S/C15H13N5O2S/c1-23-9-4-2-8(3-5-9)10-6-11(21)18-13-12(10)14(22)19-15-16-7-17-20(13)15/h2-5,7,10H,6H2,1H3,(H,18,21)(H,16,17,19,22)/t10-/m0/s1. The summed E-state index contributed by atoms with van der Waals surface area (Å²) in [6.45, 7) is 0. The third-order valence-corrected chi connectivity index (χ3v) is 4.74. The van der Waals surface area contributed by atoms with E-state index in [1.165, 1.54) is 10.8 Å². The van der Waals surface area contributed by atoms with Gasteiger partial charge < -0.3 is 5.32 Å². The number of carbonyl (C=O) groups excluding carboxylic acids is 1. The average Bonchev–Trinajstić information content (AvgIpc) is 3.02. The average molecular weight is 327 g/mol. The lowest BCUT2D eigenvalue weighted by Gasteiger charge is -2.25. The highest BCUT2D eigenvalue weighted by Gasteiger charge is 2.31. The molecule has 0 spiro atoms. The number of hydrogen-bond donors (Lipinski definition) is 2. The van der Waals surface area contributed by atoms with Crippen LogP contribution >= 0.6 is 11.8 Å². The van der Waals surface area contributed by atoms with Gasteiger partial charge in [-0.2, -0.15) is 14.6 Å². The monoisotopic (exact) mass is 327 g/mol. The number of aromatic amines is 1. The zero-order chi connectivity index (χ0) is 16.0. The van der Waals surface area contributed by atoms with Gasteiger partial charge in [-0.3, -0.25) is 14.6 Å². The number of thioether (sulfide) groups is 1. The predicted molar refractivity (Wildman–Crippen MR) is 86.9 cm³/mol. The summed E-state index contributed by atoms with van der Waals surface area (Å²) >= 11 is 1.65. The molecule has 1 aliphatic heterocycles. The normalized spacial score (nSPS) is 17.1. The van der Waals surface area contributed by atoms with Crippen LogP contribution in [0.25, 0.3) is 5.78 Å². The first-order chi connectivity index (χ1) is 11.2. The summed E-state index contributed by atoms with van der Waals surface area (Å²) in [5, 5.41) is 6.83. The van der Waals surface area contributed by atoms with Gasteiger partial charge in [-0.15, -0.1) is 11.8 Å². The summed E-state index contributed by atoms with van der Waals surface area (Å²) < 4.78 is 1.46. The Balaban J connectivity index is 1.93. The molecule has 2 aromatic heterocycles. The number of H-pyrrole nitrogens is 1. The molecule has 23 heavy (non-hydrogen) atoms. The van der Waals surface area contributed by atoms with E-state index >= 15 is 0 Å². The largest absolute Gasteiger partial charge is 0.310 e. The molecule has 116 valence electrons. The first kappa shape index (κ1) is 14.0. The van der Waals surface area contributed by atoms with Gasteiger partial charge in [0, 0.05) is 17.2 Å². The molecule has 3 aromatic rings. The molecule has 0 unspecified atom stereocenters. The smallest absolute Gasteiger partial charge is 0.258 e. The second kappa shape index (κ2) is 5.24. The number of nitrogens with zero attached hydrogens (tertiary/aromatic N) is 3. The van der Waals surface area contributed by atoms with Crippen LogP contribution in [0.5, 0.6) is 0 Å². The predicted octanol–water partition coefficient (Wildman–Crippen LogP) is 1.61. The van der Waals surface area contributed by atoms with Crippen molar-refractivity contribution in [2.24, 2.45) is 0 Å². The van der Waals surface area contributed by atoms with Crippen molar-refractivity contribution in [3.05, 3.63) is 52.1 Å². The van der Waals surface area contributed by atoms with Crippen molar-refractivity contribution in [1.82, 2.24) is 19.6 Å². The summed E-state index contributed by atoms with van der Waals surface area (Å²) in [5.74, 6) is 0.273. The topological polar surface area (TPSA) is 92.1 Å². The van der Waals surface area contributed by atoms with Gasteiger partial charge >= 0.3 is 0 Å². The van der Waals surface area contributed by atoms with Crippen LogP contribution in [-0.2, 0) is 4.79 Å². The minimum Gasteiger partial charge on any atom is -0.310 e. The van der Waals surface area contributed by atoms with Crippen LogP contribution < -0.4 is 10.9 Å². The van der Waals surface area contributed by atoms with Crippen molar-refractivity contribution in [3.63, 3.8) is 0 Å². The molecule has 0 saturated heterocycles. The molecule has 1 aliphatic rings. The molecule has 1 aromatic carbocycles. The molecule has 0 radical (unpaired) electrons. The Kier molecular flexibility index (Phi) is 3.19. The summed E-state index contributed by atoms with van der Waals surface area (Å²) in [7, 11) is 0. The molecule has 0 aliphatic carbocycles. The van der Waals surface area contributed by atoms with Crippen molar-refractivity contribution in [2.45, 2.75) is 17.2 Å². The SMILES string of the molecule is CSc1ccc([C@@H]2CC(=O)Nc3c2c(=O)[nH]c2ncnn32)cc1. The number of benzene rings is 1. The molecule has 1 amide bonds. The summed E-state index contributed by atoms with van der Waals surface area (Å²) in [4.78, 5) is 32.4. The Morgan fingerprint density at radius 2 is 2.04 bits per heavy atom. The number of aromatic nitrogens is 4. The number of amides is 1. The van der Waals surface area contributed by atoms with E-state index < -0.39 is 0 Å². The Hall–Kier alpha value is -2.61. The van der Waals surface area contributed by atoms with Crippen molar-refractivity contribution < 1.29 is 4.79 Å². The van der Waals surface area contributed by atoms with Gasteiger partial charge in [0.2, 0.25) is 11.7 Å². The van der Waals surface area contributed by atoms with E-state index in [1.807, 2.05) is 30.5 Å². The van der Waals surface area contributed by atoms with Crippen molar-refractivity contribution in [1.29, 1.82) is 0 Å². The molecule has 2 N–H and O–H groups in total. The Bertz CT molecular complexity index is 960. The van der Waals surface area contributed by atoms with Crippen molar-refractivity contribution >= 4 is 29.3 Å². The summed E-state index contributed by atoms with van der Waals surface area (Å²) in [5.41, 5.74) is 1.20. The number of hydrogen-bond acceptors (Lipinski definition) is 5. The molecule has 3 heterocycles. The van der Waals surface area contributed by atoms with Gasteiger partial charge in [0.25, 0.3) is 5.56 Å². The molecule has 8 heteroatoms. The quantitative estimate of drug-likeness (QED) is 0.698. The fraction of sp³-hybridized carbons (Fsp3) is 0.200. The molecule has 7 nitrogen and oxygen atoms in total. The lowest BCUT2D eigenvalue weighted by molar-refractivity contribution is -0.116. The zero-order valence-corrected chi connectivity index (χ0v) is 13.1. The highest BCUT2D eigenvalue weighted by atomic mass is 32.2. The minimum absolute atomic E-state index is 0.140. The maximum atomic E-state index is 12.5. The van der Waals surface area contributed by atoms with E-state index in [0.717, 1.165) is 10.5 Å². The number of carbonyl (C=O) groups is 1. The van der Waals surface area contributed by atoms with Crippen molar-refractivity contribution in [2.75, 3.05) is 11.6 Å². The van der Waals surface area contributed by atoms with Crippen LogP contribution in [-0.4, -0.2) is 31.7 Å². The Morgan fingerprint density at radius 1 is 1.26 bits per heavy atom. The lowest BCUT2D eigenvalue weighted by Crippen LogP contribution is -2.32. The van der Waals surface area contributed by atoms with Gasteiger partial charge in [-0.1, -0.05) is 12.1 Å². The number of anilines is 1. The van der Waals surface area contributed by atoms with Crippen LogP contribution in [0.3, 0.4) is 0 Å². The van der Waals surface area contributed by atoms with Crippen molar-refractivity contribution in [3.8, 4) is 0 Å². The number of nitrogens with one attached hydrogen (secondary N) is 2. The molecule has 1 atom stereocenters. The van der Waals surface area contributed by atoms with Gasteiger partial charge in [-0.25, -0.2) is 0 Å². The van der Waals surface area contributed by atoms with Crippen LogP contribution in [0.2, 0.25) is 0 Å². The molecule has 0 fully saturated rings. The Labute approximate surface area is 135 Å². The van der Waals surface area contributed by atoms with E-state index in [4.69, 9.17) is 0 Å². The maximum Gasteiger partial charge on any atom is 0.258 e. The second-order valence-corrected chi connectivity index (χ2v) is 6.17. The summed E-state index contributed by atoms with van der Waals surface area (Å²) in [6.07, 6.45) is 3.58. The van der Waals surface area contributed by atoms with Gasteiger partial charge in [0.1, 0.15) is 12.1 Å². The van der Waals surface area contributed by atoms with E-state index in [2.05, 4.69) is 20.4 Å². The molecule has 0 saturated carbocycles. The van der Waals surface area contributed by atoms with E-state index in [9.17, 15) is 9.59 Å². The highest BCUT2D eigenvalue weighted by Crippen LogP contribution is 2.35. The molecular weight excluding hydrogens is 314 g/mol. The van der Waals surface area contributed by atoms with E-state index in [1.54, 1.807) is 11.8 Å². The van der Waals surface area contributed by atoms with Crippen LogP contribution in [0.15, 0.2) is 40.3 Å². The minimum atomic E-state index is -0.299. The van der Waals surface area contributed by atoms with E-state index in [-0.39, 0.29) is 23.8 Å². The molecule has 0 bridgehead atoms. The fourth-order valence-electron chi connectivity index (χ4n) is 2.92. The van der Waals surface area contributed by atoms with Crippen LogP contribution in [0.4, 0.5) is 5.82 Å². The van der Waals surface area contributed by atoms with Crippen LogP contribution in [0, 0.1) is 0 Å². The zero-order valence-electron chi connectivity index (χ0n) is 12.2. The van der Waals surface area contributed by atoms with Gasteiger partial charge in [0.15, 0.2) is 0 Å². The first-order valence-electron chi connectivity index (χ1n) is 7.07. The Morgan fingerprint density at radius 3 is 2.78 bits per heavy atom. The fourth-order valence-corrected chi connectivity index (χ4v) is 3.32. The molecular formula is C15H13N5O2S. The number of rotatable bonds is 2. The second-order valence-electron chi connectivity index (χ2n) is 5.29. The van der Waals surface area contributed by atoms with E-state index in [0.29, 0.717) is 17.2 Å². The van der Waals surface area contributed by atoms with Gasteiger partial charge in [-0.05, 0) is 24.0 Å². The number of fused-ring (bicyclic) bond motifs is 3. The van der Waals surface area contributed by atoms with Gasteiger partial charge in [0.05, 0.1) is 5.56 Å². The third-order valence-electron chi connectivity index (χ3n) is 4.00. The first-order valence-corrected chi connectivity index (χ1v) is 8.29. The lowest BCUT2D eigenvalue weighted by atomic mass is 9.87.